The Morgan fingerprint density at radius 3 is 1.61 bits per heavy atom. The first kappa shape index (κ1) is 33.1. The molecule has 0 spiro atoms. The molecule has 2 aliphatic rings. The predicted octanol–water partition coefficient (Wildman–Crippen LogP) is 5.28. The monoisotopic (exact) mass is 648 g/mol. The molecule has 2 saturated heterocycles. The molecule has 0 aliphatic carbocycles. The SMILES string of the molecule is CCCCCCCCCC(N1CCN(Cc2ccc(Cl)nc2)C1=N[N+](=O)[O-])N1CCN(Cc2ccc(Cl)nc2)C1=N[N+](=O)[O-]. The van der Waals surface area contributed by atoms with Crippen molar-refractivity contribution in [1.82, 2.24) is 29.6 Å². The first-order valence-corrected chi connectivity index (χ1v) is 15.7. The van der Waals surface area contributed by atoms with Crippen molar-refractivity contribution in [2.75, 3.05) is 26.2 Å². The van der Waals surface area contributed by atoms with Crippen LogP contribution < -0.4 is 0 Å². The van der Waals surface area contributed by atoms with Gasteiger partial charge in [-0.25, -0.2) is 30.2 Å². The summed E-state index contributed by atoms with van der Waals surface area (Å²) in [5.41, 5.74) is 1.66. The summed E-state index contributed by atoms with van der Waals surface area (Å²) in [5.74, 6) is 0.414. The van der Waals surface area contributed by atoms with E-state index in [4.69, 9.17) is 23.2 Å². The summed E-state index contributed by atoms with van der Waals surface area (Å²) in [6.45, 7) is 4.77. The Balaban J connectivity index is 1.60. The molecule has 14 nitrogen and oxygen atoms in total. The van der Waals surface area contributed by atoms with Crippen molar-refractivity contribution < 1.29 is 10.1 Å². The maximum atomic E-state index is 11.7. The molecule has 0 N–H and O–H groups in total. The molecule has 2 aromatic heterocycles. The van der Waals surface area contributed by atoms with E-state index >= 15 is 0 Å². The van der Waals surface area contributed by atoms with E-state index in [1.807, 2.05) is 31.7 Å². The average molecular weight is 650 g/mol. The van der Waals surface area contributed by atoms with Crippen molar-refractivity contribution in [2.45, 2.75) is 77.5 Å². The molecule has 16 heteroatoms. The molecule has 4 heterocycles. The molecule has 0 amide bonds. The second-order valence-electron chi connectivity index (χ2n) is 10.9. The molecular weight excluding hydrogens is 611 g/mol. The van der Waals surface area contributed by atoms with Crippen LogP contribution in [-0.4, -0.2) is 83.9 Å². The van der Waals surface area contributed by atoms with Gasteiger partial charge in [0.1, 0.15) is 26.7 Å². The molecule has 44 heavy (non-hydrogen) atoms. The minimum Gasteiger partial charge on any atom is -0.331 e. The summed E-state index contributed by atoms with van der Waals surface area (Å²) in [6.07, 6.45) is 11.1. The maximum Gasteiger partial charge on any atom is 0.276 e. The quantitative estimate of drug-likeness (QED) is 0.102. The van der Waals surface area contributed by atoms with E-state index in [-0.39, 0.29) is 11.9 Å². The number of hydrazone groups is 2. The lowest BCUT2D eigenvalue weighted by atomic mass is 10.1. The highest BCUT2D eigenvalue weighted by Gasteiger charge is 2.42. The third kappa shape index (κ3) is 9.36. The molecule has 0 aromatic carbocycles. The van der Waals surface area contributed by atoms with Gasteiger partial charge in [-0.15, -0.1) is 0 Å². The summed E-state index contributed by atoms with van der Waals surface area (Å²) < 4.78 is 0. The van der Waals surface area contributed by atoms with E-state index in [0.29, 0.717) is 56.0 Å². The minimum atomic E-state index is -0.693. The van der Waals surface area contributed by atoms with Gasteiger partial charge in [-0.3, -0.25) is 0 Å². The summed E-state index contributed by atoms with van der Waals surface area (Å²) >= 11 is 11.9. The van der Waals surface area contributed by atoms with Crippen LogP contribution in [0.2, 0.25) is 10.3 Å². The van der Waals surface area contributed by atoms with Gasteiger partial charge < -0.3 is 19.6 Å². The smallest absolute Gasteiger partial charge is 0.276 e. The van der Waals surface area contributed by atoms with Gasteiger partial charge in [0.05, 0.1) is 0 Å². The fraction of sp³-hybridized carbons (Fsp3) is 0.571. The summed E-state index contributed by atoms with van der Waals surface area (Å²) in [4.78, 5) is 39.2. The highest BCUT2D eigenvalue weighted by atomic mass is 35.5. The van der Waals surface area contributed by atoms with Crippen LogP contribution in [0.5, 0.6) is 0 Å². The van der Waals surface area contributed by atoms with Crippen LogP contribution in [0.1, 0.15) is 69.4 Å². The Kier molecular flexibility index (Phi) is 12.3. The zero-order chi connectivity index (χ0) is 31.5. The third-order valence-corrected chi connectivity index (χ3v) is 8.20. The van der Waals surface area contributed by atoms with Crippen LogP contribution >= 0.6 is 23.2 Å². The van der Waals surface area contributed by atoms with Crippen molar-refractivity contribution in [2.24, 2.45) is 10.2 Å². The van der Waals surface area contributed by atoms with E-state index < -0.39 is 16.2 Å². The molecule has 0 bridgehead atoms. The van der Waals surface area contributed by atoms with Crippen molar-refractivity contribution in [3.8, 4) is 0 Å². The van der Waals surface area contributed by atoms with Crippen molar-refractivity contribution in [3.05, 3.63) is 78.3 Å². The first-order valence-electron chi connectivity index (χ1n) is 14.9. The first-order chi connectivity index (χ1) is 21.2. The van der Waals surface area contributed by atoms with Gasteiger partial charge in [-0.05, 0) is 36.1 Å². The number of pyridine rings is 2. The Morgan fingerprint density at radius 2 is 1.20 bits per heavy atom. The highest BCUT2D eigenvalue weighted by Crippen LogP contribution is 2.27. The molecule has 238 valence electrons. The Morgan fingerprint density at radius 1 is 0.750 bits per heavy atom. The van der Waals surface area contributed by atoms with Crippen molar-refractivity contribution in [3.63, 3.8) is 0 Å². The van der Waals surface area contributed by atoms with Gasteiger partial charge in [-0.1, -0.05) is 80.8 Å². The van der Waals surface area contributed by atoms with E-state index in [0.717, 1.165) is 36.8 Å². The topological polar surface area (TPSA) is 150 Å². The summed E-state index contributed by atoms with van der Waals surface area (Å²) in [5, 5.41) is 30.5. The second kappa shape index (κ2) is 16.3. The van der Waals surface area contributed by atoms with Crippen molar-refractivity contribution in [1.29, 1.82) is 0 Å². The van der Waals surface area contributed by atoms with Crippen LogP contribution in [0.3, 0.4) is 0 Å². The number of hydrogen-bond acceptors (Lipinski definition) is 6. The van der Waals surface area contributed by atoms with E-state index in [9.17, 15) is 20.2 Å². The number of halogens is 2. The fourth-order valence-corrected chi connectivity index (χ4v) is 5.90. The Labute approximate surface area is 266 Å². The number of aromatic nitrogens is 2. The molecule has 0 saturated carbocycles. The van der Waals surface area contributed by atoms with E-state index in [1.54, 1.807) is 24.5 Å². The van der Waals surface area contributed by atoms with Gasteiger partial charge in [0, 0.05) is 51.7 Å². The zero-order valence-electron chi connectivity index (χ0n) is 24.8. The molecule has 0 unspecified atom stereocenters. The molecule has 2 aromatic rings. The lowest BCUT2D eigenvalue weighted by molar-refractivity contribution is -0.486. The van der Waals surface area contributed by atoms with Crippen LogP contribution in [-0.2, 0) is 13.1 Å². The molecule has 0 atom stereocenters. The standard InChI is InChI=1S/C28H38Cl2N10O4/c1-2-3-4-5-6-7-8-9-26(37-16-14-35(27(37)33-39(41)42)20-22-10-12-24(29)31-18-22)38-17-15-36(28(38)34-40(43)44)21-23-11-13-25(30)32-19-23/h10-13,18-19,26H,2-9,14-17,20-21H2,1H3. The Hall–Kier alpha value is -3.78. The zero-order valence-corrected chi connectivity index (χ0v) is 26.3. The van der Waals surface area contributed by atoms with Gasteiger partial charge in [-0.2, -0.15) is 0 Å². The van der Waals surface area contributed by atoms with Gasteiger partial charge in [0.25, 0.3) is 11.9 Å². The van der Waals surface area contributed by atoms with E-state index in [1.165, 1.54) is 19.3 Å². The molecule has 0 radical (unpaired) electrons. The van der Waals surface area contributed by atoms with Gasteiger partial charge >= 0.3 is 0 Å². The molecular formula is C28H38Cl2N10O4. The highest BCUT2D eigenvalue weighted by molar-refractivity contribution is 6.29. The van der Waals surface area contributed by atoms with Gasteiger partial charge in [0.2, 0.25) is 0 Å². The predicted molar refractivity (Wildman–Crippen MR) is 168 cm³/mol. The summed E-state index contributed by atoms with van der Waals surface area (Å²) in [7, 11) is 0. The maximum absolute atomic E-state index is 11.7. The van der Waals surface area contributed by atoms with Gasteiger partial charge in [0.15, 0.2) is 10.1 Å². The number of hydrogen-bond donors (Lipinski definition) is 0. The Bertz CT molecular complexity index is 1220. The number of nitrogens with zero attached hydrogens (tertiary/aromatic N) is 10. The number of rotatable bonds is 16. The average Bonchev–Trinajstić information content (AvgIpc) is 3.55. The largest absolute Gasteiger partial charge is 0.331 e. The third-order valence-electron chi connectivity index (χ3n) is 7.75. The second-order valence-corrected chi connectivity index (χ2v) is 11.6. The normalized spacial score (nSPS) is 17.7. The van der Waals surface area contributed by atoms with Crippen LogP contribution in [0, 0.1) is 20.2 Å². The lowest BCUT2D eigenvalue weighted by Crippen LogP contribution is -2.52. The van der Waals surface area contributed by atoms with E-state index in [2.05, 4.69) is 27.1 Å². The number of unbranched alkanes of at least 4 members (excludes halogenated alkanes) is 6. The molecule has 2 aliphatic heterocycles. The minimum absolute atomic E-state index is 0.207. The lowest BCUT2D eigenvalue weighted by Gasteiger charge is -2.36. The summed E-state index contributed by atoms with van der Waals surface area (Å²) in [6, 6.07) is 6.99. The van der Waals surface area contributed by atoms with Crippen LogP contribution in [0.4, 0.5) is 0 Å². The fourth-order valence-electron chi connectivity index (χ4n) is 5.68. The number of guanidine groups is 2. The molecule has 2 fully saturated rings. The van der Waals surface area contributed by atoms with Crippen LogP contribution in [0.15, 0.2) is 46.9 Å². The van der Waals surface area contributed by atoms with Crippen molar-refractivity contribution >= 4 is 35.1 Å². The number of nitro groups is 2. The molecule has 4 rings (SSSR count). The van der Waals surface area contributed by atoms with Crippen LogP contribution in [0.25, 0.3) is 0 Å².